The summed E-state index contributed by atoms with van der Waals surface area (Å²) in [5, 5.41) is 7.83. The van der Waals surface area contributed by atoms with Crippen LogP contribution < -0.4 is 10.1 Å². The van der Waals surface area contributed by atoms with Crippen LogP contribution in [-0.4, -0.2) is 26.1 Å². The first-order chi connectivity index (χ1) is 14.5. The van der Waals surface area contributed by atoms with E-state index in [4.69, 9.17) is 0 Å². The van der Waals surface area contributed by atoms with Crippen LogP contribution in [0.4, 0.5) is 18.9 Å². The summed E-state index contributed by atoms with van der Waals surface area (Å²) in [7, 11) is 0. The Bertz CT molecular complexity index is 1110. The van der Waals surface area contributed by atoms with Gasteiger partial charge in [0.25, 0.3) is 0 Å². The van der Waals surface area contributed by atoms with Gasteiger partial charge in [0.05, 0.1) is 5.69 Å². The zero-order chi connectivity index (χ0) is 21.0. The van der Waals surface area contributed by atoms with E-state index < -0.39 is 6.36 Å². The van der Waals surface area contributed by atoms with E-state index in [1.807, 2.05) is 36.4 Å². The number of hydrogen-bond donors (Lipinski definition) is 1. The van der Waals surface area contributed by atoms with Gasteiger partial charge in [-0.25, -0.2) is 9.67 Å². The van der Waals surface area contributed by atoms with E-state index in [0.29, 0.717) is 18.1 Å². The maximum atomic E-state index is 12.3. The predicted molar refractivity (Wildman–Crippen MR) is 105 cm³/mol. The molecule has 0 amide bonds. The third kappa shape index (κ3) is 4.75. The molecule has 0 bridgehead atoms. The SMILES string of the molecule is FC(F)(F)Oc1ccc(-n2cnc(-c3ccccc3NCc3ccncc3)n2)cc1. The van der Waals surface area contributed by atoms with E-state index in [2.05, 4.69) is 25.1 Å². The van der Waals surface area contributed by atoms with Crippen molar-refractivity contribution in [2.24, 2.45) is 0 Å². The van der Waals surface area contributed by atoms with Crippen LogP contribution in [0.5, 0.6) is 5.75 Å². The molecule has 0 saturated heterocycles. The molecule has 30 heavy (non-hydrogen) atoms. The summed E-state index contributed by atoms with van der Waals surface area (Å²) in [5.41, 5.74) is 3.31. The summed E-state index contributed by atoms with van der Waals surface area (Å²) in [4.78, 5) is 8.36. The van der Waals surface area contributed by atoms with Crippen molar-refractivity contribution in [3.63, 3.8) is 0 Å². The topological polar surface area (TPSA) is 64.9 Å². The van der Waals surface area contributed by atoms with E-state index >= 15 is 0 Å². The van der Waals surface area contributed by atoms with Gasteiger partial charge < -0.3 is 10.1 Å². The Labute approximate surface area is 170 Å². The minimum Gasteiger partial charge on any atom is -0.406 e. The van der Waals surface area contributed by atoms with E-state index in [0.717, 1.165) is 16.8 Å². The third-order valence-electron chi connectivity index (χ3n) is 4.23. The number of pyridine rings is 1. The average Bonchev–Trinajstić information content (AvgIpc) is 3.23. The maximum Gasteiger partial charge on any atom is 0.573 e. The molecule has 2 aromatic heterocycles. The fourth-order valence-corrected chi connectivity index (χ4v) is 2.84. The Morgan fingerprint density at radius 2 is 1.67 bits per heavy atom. The molecule has 4 aromatic rings. The van der Waals surface area contributed by atoms with Gasteiger partial charge in [-0.3, -0.25) is 4.98 Å². The molecule has 0 aliphatic carbocycles. The van der Waals surface area contributed by atoms with Gasteiger partial charge >= 0.3 is 6.36 Å². The molecule has 0 saturated carbocycles. The molecule has 0 aliphatic rings. The van der Waals surface area contributed by atoms with Gasteiger partial charge in [0.15, 0.2) is 5.82 Å². The van der Waals surface area contributed by atoms with Crippen LogP contribution in [0.1, 0.15) is 5.56 Å². The first-order valence-corrected chi connectivity index (χ1v) is 8.98. The molecule has 2 heterocycles. The molecule has 0 atom stereocenters. The number of halogens is 3. The lowest BCUT2D eigenvalue weighted by atomic mass is 10.1. The van der Waals surface area contributed by atoms with Crippen molar-refractivity contribution >= 4 is 5.69 Å². The van der Waals surface area contributed by atoms with E-state index in [1.54, 1.807) is 12.4 Å². The quantitative estimate of drug-likeness (QED) is 0.492. The van der Waals surface area contributed by atoms with Crippen LogP contribution in [0.3, 0.4) is 0 Å². The molecule has 2 aromatic carbocycles. The van der Waals surface area contributed by atoms with Gasteiger partial charge in [-0.2, -0.15) is 0 Å². The first kappa shape index (κ1) is 19.4. The minimum atomic E-state index is -4.73. The van der Waals surface area contributed by atoms with Crippen molar-refractivity contribution in [1.29, 1.82) is 0 Å². The van der Waals surface area contributed by atoms with Gasteiger partial charge in [0, 0.05) is 30.2 Å². The maximum absolute atomic E-state index is 12.3. The highest BCUT2D eigenvalue weighted by atomic mass is 19.4. The van der Waals surface area contributed by atoms with Crippen LogP contribution in [0, 0.1) is 0 Å². The van der Waals surface area contributed by atoms with Gasteiger partial charge in [0.1, 0.15) is 12.1 Å². The Kier molecular flexibility index (Phi) is 5.34. The molecule has 0 spiro atoms. The van der Waals surface area contributed by atoms with Crippen molar-refractivity contribution in [2.75, 3.05) is 5.32 Å². The van der Waals surface area contributed by atoms with Crippen molar-refractivity contribution in [3.05, 3.63) is 84.9 Å². The van der Waals surface area contributed by atoms with E-state index in [1.165, 1.54) is 35.3 Å². The van der Waals surface area contributed by atoms with Gasteiger partial charge in [0.2, 0.25) is 0 Å². The fourth-order valence-electron chi connectivity index (χ4n) is 2.84. The Morgan fingerprint density at radius 1 is 0.933 bits per heavy atom. The van der Waals surface area contributed by atoms with Crippen LogP contribution in [0.15, 0.2) is 79.4 Å². The van der Waals surface area contributed by atoms with Gasteiger partial charge in [-0.15, -0.1) is 18.3 Å². The molecular weight excluding hydrogens is 395 g/mol. The molecule has 152 valence electrons. The van der Waals surface area contributed by atoms with Gasteiger partial charge in [-0.1, -0.05) is 12.1 Å². The zero-order valence-electron chi connectivity index (χ0n) is 15.5. The summed E-state index contributed by atoms with van der Waals surface area (Å²) in [5.74, 6) is 0.195. The van der Waals surface area contributed by atoms with Crippen molar-refractivity contribution in [1.82, 2.24) is 19.7 Å². The highest BCUT2D eigenvalue weighted by Gasteiger charge is 2.31. The minimum absolute atomic E-state index is 0.294. The number of nitrogens with one attached hydrogen (secondary N) is 1. The molecule has 1 N–H and O–H groups in total. The van der Waals surface area contributed by atoms with Crippen LogP contribution in [0.25, 0.3) is 17.1 Å². The Hall–Kier alpha value is -3.88. The summed E-state index contributed by atoms with van der Waals surface area (Å²) in [6.45, 7) is 0.612. The molecule has 0 fully saturated rings. The summed E-state index contributed by atoms with van der Waals surface area (Å²) in [6, 6.07) is 16.9. The standard InChI is InChI=1S/C21H16F3N5O/c22-21(23,24)30-17-7-5-16(6-8-17)29-14-27-20(28-29)18-3-1-2-4-19(18)26-13-15-9-11-25-12-10-15/h1-12,14,26H,13H2. The number of alkyl halides is 3. The van der Waals surface area contributed by atoms with Gasteiger partial charge in [-0.05, 0) is 54.1 Å². The summed E-state index contributed by atoms with van der Waals surface area (Å²) in [6.07, 6.45) is 0.248. The average molecular weight is 411 g/mol. The van der Waals surface area contributed by atoms with Crippen LogP contribution >= 0.6 is 0 Å². The predicted octanol–water partition coefficient (Wildman–Crippen LogP) is 4.84. The summed E-state index contributed by atoms with van der Waals surface area (Å²) >= 11 is 0. The number of ether oxygens (including phenoxy) is 1. The fraction of sp³-hybridized carbons (Fsp3) is 0.0952. The van der Waals surface area contributed by atoms with E-state index in [-0.39, 0.29) is 5.75 Å². The molecule has 6 nitrogen and oxygen atoms in total. The first-order valence-electron chi connectivity index (χ1n) is 8.98. The number of nitrogens with zero attached hydrogens (tertiary/aromatic N) is 4. The molecule has 0 radical (unpaired) electrons. The lowest BCUT2D eigenvalue weighted by molar-refractivity contribution is -0.274. The lowest BCUT2D eigenvalue weighted by Gasteiger charge is -2.10. The van der Waals surface area contributed by atoms with Crippen molar-refractivity contribution in [3.8, 4) is 22.8 Å². The summed E-state index contributed by atoms with van der Waals surface area (Å²) < 4.78 is 42.3. The molecule has 9 heteroatoms. The number of para-hydroxylation sites is 1. The molecule has 4 rings (SSSR count). The second kappa shape index (κ2) is 8.24. The number of benzene rings is 2. The highest BCUT2D eigenvalue weighted by molar-refractivity contribution is 5.73. The number of rotatable bonds is 6. The number of hydrogen-bond acceptors (Lipinski definition) is 5. The second-order valence-electron chi connectivity index (χ2n) is 6.31. The second-order valence-corrected chi connectivity index (χ2v) is 6.31. The molecule has 0 aliphatic heterocycles. The van der Waals surface area contributed by atoms with E-state index in [9.17, 15) is 13.2 Å². The monoisotopic (exact) mass is 411 g/mol. The van der Waals surface area contributed by atoms with Crippen LogP contribution in [0.2, 0.25) is 0 Å². The number of aromatic nitrogens is 4. The Morgan fingerprint density at radius 3 is 2.40 bits per heavy atom. The smallest absolute Gasteiger partial charge is 0.406 e. The lowest BCUT2D eigenvalue weighted by Crippen LogP contribution is -2.17. The van der Waals surface area contributed by atoms with Crippen LogP contribution in [-0.2, 0) is 6.54 Å². The third-order valence-corrected chi connectivity index (χ3v) is 4.23. The number of anilines is 1. The molecule has 0 unspecified atom stereocenters. The Balaban J connectivity index is 1.53. The zero-order valence-corrected chi connectivity index (χ0v) is 15.5. The van der Waals surface area contributed by atoms with Crippen molar-refractivity contribution < 1.29 is 17.9 Å². The largest absolute Gasteiger partial charge is 0.573 e. The molecular formula is C21H16F3N5O. The van der Waals surface area contributed by atoms with Crippen molar-refractivity contribution in [2.45, 2.75) is 12.9 Å². The normalized spacial score (nSPS) is 11.3. The highest BCUT2D eigenvalue weighted by Crippen LogP contribution is 2.27.